The zero-order valence-corrected chi connectivity index (χ0v) is 41.9. The molecule has 0 aliphatic carbocycles. The molecule has 7 heteroatoms. The van der Waals surface area contributed by atoms with Gasteiger partial charge in [0, 0.05) is 24.0 Å². The summed E-state index contributed by atoms with van der Waals surface area (Å²) in [6.07, 6.45) is 44.0. The Bertz CT molecular complexity index is 700. The van der Waals surface area contributed by atoms with Gasteiger partial charge in [0.05, 0.1) is 0 Å². The van der Waals surface area contributed by atoms with Gasteiger partial charge in [0.2, 0.25) is 0 Å². The molecule has 0 spiro atoms. The fourth-order valence-corrected chi connectivity index (χ4v) is 8.30. The van der Waals surface area contributed by atoms with Crippen LogP contribution in [-0.4, -0.2) is 97.7 Å². The Morgan fingerprint density at radius 3 is 0.754 bits per heavy atom. The van der Waals surface area contributed by atoms with Crippen LogP contribution in [0.25, 0.3) is 0 Å². The molecule has 2 unspecified atom stereocenters. The minimum atomic E-state index is -0.902. The summed E-state index contributed by atoms with van der Waals surface area (Å²) in [6.45, 7) is 18.3. The largest absolute Gasteiger partial charge is 2.00 e. The number of carboxylic acids is 2. The van der Waals surface area contributed by atoms with E-state index in [4.69, 9.17) is 0 Å². The third-order valence-electron chi connectivity index (χ3n) is 12.0. The van der Waals surface area contributed by atoms with Crippen molar-refractivity contribution in [2.75, 3.05) is 26.2 Å². The van der Waals surface area contributed by atoms with Crippen molar-refractivity contribution >= 4 is 49.7 Å². The summed E-state index contributed by atoms with van der Waals surface area (Å²) in [4.78, 5) is 26.9. The number of nitrogens with zero attached hydrogens (tertiary/aromatic N) is 2. The Morgan fingerprint density at radius 2 is 0.561 bits per heavy atom. The SMILES string of the molecule is CCCCCCCCCN(CCCCCCCCC)C(CC)CCCC(=O)[O-].CCCCCCCCCN(CCCCCCCCC)C(CC)CCCC(=O)[O-].[Ca+2]. The molecule has 0 heterocycles. The Morgan fingerprint density at radius 1 is 0.351 bits per heavy atom. The summed E-state index contributed by atoms with van der Waals surface area (Å²) >= 11 is 0. The molecule has 0 amide bonds. The summed E-state index contributed by atoms with van der Waals surface area (Å²) in [7, 11) is 0. The van der Waals surface area contributed by atoms with Crippen molar-refractivity contribution in [2.45, 2.75) is 285 Å². The van der Waals surface area contributed by atoms with Crippen LogP contribution in [-0.2, 0) is 9.59 Å². The summed E-state index contributed by atoms with van der Waals surface area (Å²) in [5, 5.41) is 21.5. The molecule has 0 saturated heterocycles. The maximum absolute atomic E-state index is 10.8. The average Bonchev–Trinajstić information content (AvgIpc) is 3.18. The Labute approximate surface area is 387 Å². The van der Waals surface area contributed by atoms with Crippen molar-refractivity contribution in [1.82, 2.24) is 9.80 Å². The maximum Gasteiger partial charge on any atom is 2.00 e. The second-order valence-corrected chi connectivity index (χ2v) is 17.2. The zero-order valence-electron chi connectivity index (χ0n) is 39.7. The average molecular weight is 833 g/mol. The van der Waals surface area contributed by atoms with Crippen LogP contribution in [0, 0.1) is 0 Å². The van der Waals surface area contributed by atoms with Crippen LogP contribution in [0.3, 0.4) is 0 Å². The monoisotopic (exact) mass is 833 g/mol. The van der Waals surface area contributed by atoms with Crippen molar-refractivity contribution in [3.05, 3.63) is 0 Å². The van der Waals surface area contributed by atoms with Gasteiger partial charge in [-0.3, -0.25) is 0 Å². The molecule has 0 aromatic rings. The van der Waals surface area contributed by atoms with Gasteiger partial charge in [-0.15, -0.1) is 0 Å². The third-order valence-corrected chi connectivity index (χ3v) is 12.0. The van der Waals surface area contributed by atoms with Crippen molar-refractivity contribution in [3.8, 4) is 0 Å². The molecular weight excluding hydrogens is 733 g/mol. The molecule has 0 aliphatic rings. The minimum absolute atomic E-state index is 0. The smallest absolute Gasteiger partial charge is 0.550 e. The van der Waals surface area contributed by atoms with Gasteiger partial charge < -0.3 is 29.6 Å². The molecule has 0 rings (SSSR count). The fraction of sp³-hybridized carbons (Fsp3) is 0.960. The second kappa shape index (κ2) is 50.5. The van der Waals surface area contributed by atoms with E-state index < -0.39 is 11.9 Å². The van der Waals surface area contributed by atoms with Crippen LogP contribution in [0.2, 0.25) is 0 Å². The van der Waals surface area contributed by atoms with Gasteiger partial charge in [0.15, 0.2) is 0 Å². The summed E-state index contributed by atoms with van der Waals surface area (Å²) in [5.74, 6) is -1.80. The van der Waals surface area contributed by atoms with Crippen LogP contribution in [0.1, 0.15) is 273 Å². The normalized spacial score (nSPS) is 12.4. The number of aliphatic carboxylic acids is 2. The van der Waals surface area contributed by atoms with Crippen molar-refractivity contribution < 1.29 is 19.8 Å². The Kier molecular flexibility index (Phi) is 54.4. The number of rotatable bonds is 44. The van der Waals surface area contributed by atoms with Crippen LogP contribution in [0.15, 0.2) is 0 Å². The molecular formula is C50H100CaN2O4. The first-order valence-corrected chi connectivity index (χ1v) is 25.2. The first kappa shape index (κ1) is 61.4. The molecule has 57 heavy (non-hydrogen) atoms. The molecule has 0 bridgehead atoms. The standard InChI is InChI=1S/2C25H51NO2.Ca/c2*1-4-7-9-11-13-15-17-22-26(23-18-16-14-12-10-8-5-2)24(6-3)20-19-21-25(27)28;/h2*24H,4-23H2,1-3H3,(H,27,28);/q;;+2/p-2. The zero-order chi connectivity index (χ0) is 41.7. The van der Waals surface area contributed by atoms with Crippen molar-refractivity contribution in [2.24, 2.45) is 0 Å². The molecule has 6 nitrogen and oxygen atoms in total. The number of carbonyl (C=O) groups excluding carboxylic acids is 2. The maximum atomic E-state index is 10.8. The third kappa shape index (κ3) is 45.5. The van der Waals surface area contributed by atoms with Gasteiger partial charge in [-0.25, -0.2) is 0 Å². The van der Waals surface area contributed by atoms with Crippen LogP contribution in [0.4, 0.5) is 0 Å². The van der Waals surface area contributed by atoms with Gasteiger partial charge in [-0.2, -0.15) is 0 Å². The van der Waals surface area contributed by atoms with Gasteiger partial charge >= 0.3 is 37.7 Å². The molecule has 0 aromatic carbocycles. The number of hydrogen-bond acceptors (Lipinski definition) is 6. The number of carboxylic acid groups (broad SMARTS) is 2. The molecule has 0 saturated carbocycles. The Hall–Kier alpha value is 0.120. The van der Waals surface area contributed by atoms with Gasteiger partial charge in [-0.05, 0) is 103 Å². The van der Waals surface area contributed by atoms with Crippen LogP contribution < -0.4 is 10.2 Å². The van der Waals surface area contributed by atoms with Crippen molar-refractivity contribution in [3.63, 3.8) is 0 Å². The molecule has 0 aliphatic heterocycles. The van der Waals surface area contributed by atoms with E-state index in [2.05, 4.69) is 51.3 Å². The van der Waals surface area contributed by atoms with Gasteiger partial charge in [-0.1, -0.05) is 196 Å². The van der Waals surface area contributed by atoms with E-state index in [0.717, 1.165) is 38.5 Å². The summed E-state index contributed by atoms with van der Waals surface area (Å²) < 4.78 is 0. The van der Waals surface area contributed by atoms with E-state index in [1.807, 2.05) is 0 Å². The van der Waals surface area contributed by atoms with E-state index in [1.54, 1.807) is 0 Å². The molecule has 0 radical (unpaired) electrons. The molecule has 0 fully saturated rings. The fourth-order valence-electron chi connectivity index (χ4n) is 8.30. The predicted octanol–water partition coefficient (Wildman–Crippen LogP) is 12.6. The van der Waals surface area contributed by atoms with Crippen LogP contribution >= 0.6 is 0 Å². The summed E-state index contributed by atoms with van der Waals surface area (Å²) in [6, 6.07) is 1.08. The minimum Gasteiger partial charge on any atom is -0.550 e. The first-order chi connectivity index (χ1) is 27.3. The molecule has 336 valence electrons. The van der Waals surface area contributed by atoms with E-state index in [0.29, 0.717) is 12.1 Å². The Balaban J connectivity index is -0.00000101. The number of hydrogen-bond donors (Lipinski definition) is 0. The van der Waals surface area contributed by atoms with E-state index in [-0.39, 0.29) is 50.6 Å². The number of carbonyl (C=O) groups is 2. The van der Waals surface area contributed by atoms with Crippen LogP contribution in [0.5, 0.6) is 0 Å². The quantitative estimate of drug-likeness (QED) is 0.0449. The predicted molar refractivity (Wildman–Crippen MR) is 247 cm³/mol. The van der Waals surface area contributed by atoms with E-state index >= 15 is 0 Å². The van der Waals surface area contributed by atoms with E-state index in [9.17, 15) is 19.8 Å². The molecule has 0 aromatic heterocycles. The summed E-state index contributed by atoms with van der Waals surface area (Å²) in [5.41, 5.74) is 0. The van der Waals surface area contributed by atoms with E-state index in [1.165, 1.54) is 206 Å². The number of unbranched alkanes of at least 4 members (excludes halogenated alkanes) is 24. The van der Waals surface area contributed by atoms with Gasteiger partial charge in [0.1, 0.15) is 0 Å². The molecule has 2 atom stereocenters. The molecule has 0 N–H and O–H groups in total. The van der Waals surface area contributed by atoms with Crippen molar-refractivity contribution in [1.29, 1.82) is 0 Å². The second-order valence-electron chi connectivity index (χ2n) is 17.2. The first-order valence-electron chi connectivity index (χ1n) is 25.2. The topological polar surface area (TPSA) is 86.7 Å². The van der Waals surface area contributed by atoms with Gasteiger partial charge in [0.25, 0.3) is 0 Å².